The summed E-state index contributed by atoms with van der Waals surface area (Å²) in [6.45, 7) is 2.91. The lowest BCUT2D eigenvalue weighted by Gasteiger charge is -2.35. The van der Waals surface area contributed by atoms with E-state index < -0.39 is 17.2 Å². The van der Waals surface area contributed by atoms with Crippen molar-refractivity contribution in [1.82, 2.24) is 10.2 Å². The molecule has 3 fully saturated rings. The van der Waals surface area contributed by atoms with Crippen molar-refractivity contribution in [2.45, 2.75) is 42.6 Å². The molecule has 3 aliphatic rings. The highest BCUT2D eigenvalue weighted by atomic mass is 19.3. The number of nitrogens with one attached hydrogen (secondary N) is 1. The van der Waals surface area contributed by atoms with Crippen LogP contribution in [0, 0.1) is 0 Å². The SMILES string of the molecule is O=C(NC1(CN2CCC2)CC1)[C@]1(c2ccccc2)CC1(F)F. The van der Waals surface area contributed by atoms with Gasteiger partial charge in [0.05, 0.1) is 5.54 Å². The fourth-order valence-corrected chi connectivity index (χ4v) is 3.49. The Morgan fingerprint density at radius 1 is 1.18 bits per heavy atom. The zero-order chi connectivity index (χ0) is 15.4. The van der Waals surface area contributed by atoms with Gasteiger partial charge in [0.2, 0.25) is 5.91 Å². The number of amides is 1. The monoisotopic (exact) mass is 306 g/mol. The third-order valence-electron chi connectivity index (χ3n) is 5.35. The van der Waals surface area contributed by atoms with Gasteiger partial charge >= 0.3 is 0 Å². The molecule has 1 amide bonds. The molecule has 2 saturated carbocycles. The number of rotatable bonds is 5. The van der Waals surface area contributed by atoms with Crippen LogP contribution in [-0.4, -0.2) is 41.9 Å². The summed E-state index contributed by atoms with van der Waals surface area (Å²) >= 11 is 0. The first-order chi connectivity index (χ1) is 10.5. The predicted octanol–water partition coefficient (Wildman–Crippen LogP) is 2.32. The molecule has 1 saturated heterocycles. The smallest absolute Gasteiger partial charge is 0.268 e. The van der Waals surface area contributed by atoms with Gasteiger partial charge in [-0.05, 0) is 37.9 Å². The van der Waals surface area contributed by atoms with Gasteiger partial charge < -0.3 is 10.2 Å². The molecule has 0 spiro atoms. The van der Waals surface area contributed by atoms with E-state index in [1.54, 1.807) is 30.3 Å². The summed E-state index contributed by atoms with van der Waals surface area (Å²) in [4.78, 5) is 15.0. The molecule has 0 unspecified atom stereocenters. The molecule has 4 rings (SSSR count). The number of carbonyl (C=O) groups excluding carboxylic acids is 1. The first-order valence-corrected chi connectivity index (χ1v) is 7.96. The van der Waals surface area contributed by atoms with Crippen LogP contribution in [0.4, 0.5) is 8.78 Å². The molecule has 1 aromatic carbocycles. The molecule has 1 atom stereocenters. The van der Waals surface area contributed by atoms with Gasteiger partial charge in [-0.15, -0.1) is 0 Å². The van der Waals surface area contributed by atoms with Crippen molar-refractivity contribution in [2.75, 3.05) is 19.6 Å². The number of alkyl halides is 2. The number of halogens is 2. The predicted molar refractivity (Wildman–Crippen MR) is 78.8 cm³/mol. The highest BCUT2D eigenvalue weighted by Gasteiger charge is 2.77. The maximum atomic E-state index is 14.1. The van der Waals surface area contributed by atoms with Crippen molar-refractivity contribution >= 4 is 5.91 Å². The highest BCUT2D eigenvalue weighted by Crippen LogP contribution is 2.62. The summed E-state index contributed by atoms with van der Waals surface area (Å²) in [6, 6.07) is 8.48. The molecule has 1 heterocycles. The summed E-state index contributed by atoms with van der Waals surface area (Å²) in [5, 5.41) is 2.96. The second kappa shape index (κ2) is 4.51. The maximum Gasteiger partial charge on any atom is 0.268 e. The third kappa shape index (κ3) is 2.06. The van der Waals surface area contributed by atoms with Gasteiger partial charge in [0.15, 0.2) is 0 Å². The van der Waals surface area contributed by atoms with E-state index in [2.05, 4.69) is 10.2 Å². The first kappa shape index (κ1) is 14.1. The normalized spacial score (nSPS) is 31.2. The van der Waals surface area contributed by atoms with Crippen molar-refractivity contribution in [1.29, 1.82) is 0 Å². The van der Waals surface area contributed by atoms with Crippen molar-refractivity contribution in [2.24, 2.45) is 0 Å². The van der Waals surface area contributed by atoms with E-state index >= 15 is 0 Å². The first-order valence-electron chi connectivity index (χ1n) is 7.96. The van der Waals surface area contributed by atoms with Crippen LogP contribution < -0.4 is 5.32 Å². The summed E-state index contributed by atoms with van der Waals surface area (Å²) in [7, 11) is 0. The summed E-state index contributed by atoms with van der Waals surface area (Å²) in [5.74, 6) is -3.44. The fraction of sp³-hybridized carbons (Fsp3) is 0.588. The Kier molecular flexibility index (Phi) is 2.89. The Morgan fingerprint density at radius 3 is 2.27 bits per heavy atom. The molecule has 118 valence electrons. The van der Waals surface area contributed by atoms with Crippen molar-refractivity contribution in [3.63, 3.8) is 0 Å². The molecule has 1 aromatic rings. The molecular weight excluding hydrogens is 286 g/mol. The van der Waals surface area contributed by atoms with Crippen LogP contribution in [0.1, 0.15) is 31.2 Å². The van der Waals surface area contributed by atoms with E-state index in [0.717, 1.165) is 32.5 Å². The fourth-order valence-electron chi connectivity index (χ4n) is 3.49. The second-order valence-electron chi connectivity index (χ2n) is 7.02. The lowest BCUT2D eigenvalue weighted by molar-refractivity contribution is -0.127. The van der Waals surface area contributed by atoms with Crippen LogP contribution in [0.2, 0.25) is 0 Å². The molecule has 3 nitrogen and oxygen atoms in total. The lowest BCUT2D eigenvalue weighted by atomic mass is 9.93. The summed E-state index contributed by atoms with van der Waals surface area (Å²) < 4.78 is 28.1. The lowest BCUT2D eigenvalue weighted by Crippen LogP contribution is -2.53. The number of likely N-dealkylation sites (tertiary alicyclic amines) is 1. The van der Waals surface area contributed by atoms with Gasteiger partial charge in [-0.1, -0.05) is 30.3 Å². The minimum absolute atomic E-state index is 0.266. The molecule has 1 N–H and O–H groups in total. The van der Waals surface area contributed by atoms with E-state index in [4.69, 9.17) is 0 Å². The molecule has 0 aromatic heterocycles. The zero-order valence-electron chi connectivity index (χ0n) is 12.4. The number of benzene rings is 1. The van der Waals surface area contributed by atoms with E-state index in [9.17, 15) is 13.6 Å². The van der Waals surface area contributed by atoms with Crippen molar-refractivity contribution < 1.29 is 13.6 Å². The van der Waals surface area contributed by atoms with E-state index in [-0.39, 0.29) is 12.0 Å². The largest absolute Gasteiger partial charge is 0.348 e. The minimum Gasteiger partial charge on any atom is -0.348 e. The van der Waals surface area contributed by atoms with Gasteiger partial charge in [-0.2, -0.15) is 0 Å². The minimum atomic E-state index is -2.94. The standard InChI is InChI=1S/C17H20F2N2O/c18-17(19)11-16(17,13-5-2-1-3-6-13)14(22)20-15(7-8-15)12-21-9-4-10-21/h1-3,5-6H,4,7-12H2,(H,20,22)/t16-/m1/s1. The number of hydrogen-bond acceptors (Lipinski definition) is 2. The summed E-state index contributed by atoms with van der Waals surface area (Å²) in [6.07, 6.45) is 2.60. The van der Waals surface area contributed by atoms with Gasteiger partial charge in [0.1, 0.15) is 5.41 Å². The average Bonchev–Trinajstić information content (AvgIpc) is 3.32. The quantitative estimate of drug-likeness (QED) is 0.905. The molecule has 2 aliphatic carbocycles. The Labute approximate surface area is 128 Å². The summed E-state index contributed by atoms with van der Waals surface area (Å²) in [5.41, 5.74) is -1.49. The van der Waals surface area contributed by atoms with Crippen LogP contribution >= 0.6 is 0 Å². The second-order valence-corrected chi connectivity index (χ2v) is 7.02. The molecule has 1 aliphatic heterocycles. The van der Waals surface area contributed by atoms with Gasteiger partial charge in [-0.3, -0.25) is 4.79 Å². The maximum absolute atomic E-state index is 14.1. The number of carbonyl (C=O) groups is 1. The Hall–Kier alpha value is -1.49. The average molecular weight is 306 g/mol. The van der Waals surface area contributed by atoms with E-state index in [0.29, 0.717) is 5.56 Å². The topological polar surface area (TPSA) is 32.3 Å². The highest BCUT2D eigenvalue weighted by molar-refractivity contribution is 5.94. The van der Waals surface area contributed by atoms with E-state index in [1.165, 1.54) is 6.42 Å². The van der Waals surface area contributed by atoms with Crippen LogP contribution in [0.15, 0.2) is 30.3 Å². The Balaban J connectivity index is 1.53. The van der Waals surface area contributed by atoms with Crippen molar-refractivity contribution in [3.05, 3.63) is 35.9 Å². The number of nitrogens with zero attached hydrogens (tertiary/aromatic N) is 1. The van der Waals surface area contributed by atoms with Crippen LogP contribution in [0.3, 0.4) is 0 Å². The molecule has 0 radical (unpaired) electrons. The van der Waals surface area contributed by atoms with Crippen LogP contribution in [0.5, 0.6) is 0 Å². The molecule has 0 bridgehead atoms. The van der Waals surface area contributed by atoms with Gasteiger partial charge in [0, 0.05) is 13.0 Å². The van der Waals surface area contributed by atoms with Crippen molar-refractivity contribution in [3.8, 4) is 0 Å². The van der Waals surface area contributed by atoms with Crippen LogP contribution in [0.25, 0.3) is 0 Å². The Morgan fingerprint density at radius 2 is 1.82 bits per heavy atom. The van der Waals surface area contributed by atoms with Gasteiger partial charge in [-0.25, -0.2) is 8.78 Å². The Bertz CT molecular complexity index is 596. The molecular formula is C17H20F2N2O. The van der Waals surface area contributed by atoms with Gasteiger partial charge in [0.25, 0.3) is 5.92 Å². The van der Waals surface area contributed by atoms with Crippen LogP contribution in [-0.2, 0) is 10.2 Å². The number of hydrogen-bond donors (Lipinski definition) is 1. The van der Waals surface area contributed by atoms with E-state index in [1.807, 2.05) is 0 Å². The molecule has 22 heavy (non-hydrogen) atoms. The molecule has 5 heteroatoms. The third-order valence-corrected chi connectivity index (χ3v) is 5.35. The zero-order valence-corrected chi connectivity index (χ0v) is 12.4.